The molecule has 5 aromatic rings. The van der Waals surface area contributed by atoms with Gasteiger partial charge >= 0.3 is 5.76 Å². The maximum Gasteiger partial charge on any atom is 0.439 e. The summed E-state index contributed by atoms with van der Waals surface area (Å²) in [4.78, 5) is 24.1. The van der Waals surface area contributed by atoms with Crippen LogP contribution in [0.15, 0.2) is 57.8 Å². The summed E-state index contributed by atoms with van der Waals surface area (Å²) in [5, 5.41) is 3.94. The Hall–Kier alpha value is -4.46. The molecule has 0 saturated carbocycles. The number of nitrogens with zero attached hydrogens (tertiary/aromatic N) is 4. The van der Waals surface area contributed by atoms with Crippen LogP contribution in [0.1, 0.15) is 59.0 Å². The molecule has 0 unspecified atom stereocenters. The van der Waals surface area contributed by atoms with Crippen molar-refractivity contribution in [1.82, 2.24) is 24.7 Å². The van der Waals surface area contributed by atoms with Crippen LogP contribution < -0.4 is 10.5 Å². The van der Waals surface area contributed by atoms with E-state index in [-0.39, 0.29) is 0 Å². The summed E-state index contributed by atoms with van der Waals surface area (Å²) < 4.78 is 13.3. The van der Waals surface area contributed by atoms with Crippen LogP contribution in [-0.2, 0) is 19.6 Å². The van der Waals surface area contributed by atoms with E-state index in [9.17, 15) is 4.79 Å². The Kier molecular flexibility index (Phi) is 5.52. The smallest absolute Gasteiger partial charge is 0.439 e. The number of aryl methyl sites for hydroxylation is 3. The van der Waals surface area contributed by atoms with Gasteiger partial charge in [0.25, 0.3) is 0 Å². The summed E-state index contributed by atoms with van der Waals surface area (Å²) in [6, 6.07) is 16.5. The summed E-state index contributed by atoms with van der Waals surface area (Å²) in [6.45, 7) is 9.22. The van der Waals surface area contributed by atoms with Gasteiger partial charge in [0.05, 0.1) is 6.54 Å². The highest BCUT2D eigenvalue weighted by Gasteiger charge is 2.24. The Morgan fingerprint density at radius 3 is 2.70 bits per heavy atom. The van der Waals surface area contributed by atoms with E-state index < -0.39 is 5.76 Å². The highest BCUT2D eigenvalue weighted by molar-refractivity contribution is 5.99. The van der Waals surface area contributed by atoms with E-state index in [1.165, 1.54) is 0 Å². The number of aromatic nitrogens is 5. The number of hydrogen-bond donors (Lipinski definition) is 1. The first-order valence-corrected chi connectivity index (χ1v) is 12.4. The van der Waals surface area contributed by atoms with Crippen molar-refractivity contribution in [3.05, 3.63) is 104 Å². The quantitative estimate of drug-likeness (QED) is 0.369. The van der Waals surface area contributed by atoms with Crippen LogP contribution in [0.5, 0.6) is 5.75 Å². The third kappa shape index (κ3) is 3.94. The van der Waals surface area contributed by atoms with Crippen LogP contribution >= 0.6 is 0 Å². The molecule has 186 valence electrons. The highest BCUT2D eigenvalue weighted by atomic mass is 16.5. The first-order chi connectivity index (χ1) is 17.9. The zero-order valence-corrected chi connectivity index (χ0v) is 21.3. The summed E-state index contributed by atoms with van der Waals surface area (Å²) in [6.07, 6.45) is 0.813. The number of aromatic amines is 1. The number of ether oxygens (including phenoxy) is 1. The Labute approximate surface area is 213 Å². The molecule has 37 heavy (non-hydrogen) atoms. The predicted octanol–water partition coefficient (Wildman–Crippen LogP) is 5.21. The van der Waals surface area contributed by atoms with Crippen LogP contribution in [0.2, 0.25) is 0 Å². The van der Waals surface area contributed by atoms with E-state index in [0.29, 0.717) is 19.0 Å². The van der Waals surface area contributed by atoms with Crippen LogP contribution in [-0.4, -0.2) is 24.7 Å². The molecule has 2 aromatic carbocycles. The fraction of sp³-hybridized carbons (Fsp3) is 0.241. The predicted molar refractivity (Wildman–Crippen MR) is 141 cm³/mol. The van der Waals surface area contributed by atoms with E-state index in [2.05, 4.69) is 65.0 Å². The van der Waals surface area contributed by atoms with Gasteiger partial charge in [0.15, 0.2) is 11.5 Å². The molecular weight excluding hydrogens is 466 g/mol. The molecule has 0 spiro atoms. The van der Waals surface area contributed by atoms with E-state index in [0.717, 1.165) is 73.8 Å². The number of H-pyrrole nitrogens is 1. The average molecular weight is 494 g/mol. The van der Waals surface area contributed by atoms with Crippen LogP contribution in [0, 0.1) is 13.8 Å². The first kappa shape index (κ1) is 23.0. The van der Waals surface area contributed by atoms with Crippen LogP contribution in [0.3, 0.4) is 0 Å². The van der Waals surface area contributed by atoms with E-state index in [4.69, 9.17) is 19.2 Å². The summed E-state index contributed by atoms with van der Waals surface area (Å²) in [7, 11) is 0. The van der Waals surface area contributed by atoms with Gasteiger partial charge in [0.2, 0.25) is 0 Å². The van der Waals surface area contributed by atoms with Gasteiger partial charge in [0.1, 0.15) is 23.7 Å². The van der Waals surface area contributed by atoms with E-state index >= 15 is 0 Å². The van der Waals surface area contributed by atoms with Gasteiger partial charge in [-0.2, -0.15) is 0 Å². The Bertz CT molecular complexity index is 1760. The number of benzene rings is 2. The van der Waals surface area contributed by atoms with Crippen molar-refractivity contribution < 1.29 is 9.26 Å². The maximum absolute atomic E-state index is 11.7. The minimum absolute atomic E-state index is 0.404. The first-order valence-electron chi connectivity index (χ1n) is 12.4. The van der Waals surface area contributed by atoms with Crippen molar-refractivity contribution >= 4 is 22.3 Å². The molecule has 3 aromatic heterocycles. The third-order valence-electron chi connectivity index (χ3n) is 6.91. The molecule has 1 aliphatic heterocycles. The third-order valence-corrected chi connectivity index (χ3v) is 6.91. The standard InChI is InChI=1S/C29H27N5O3/c1-5-24-31-26-16(2)12-17(3)30-28(26)34(24)14-19-10-11-22-23(13-19)36-15-20-8-6-7-9-21(20)25(22)18(4)27-32-29(35)37-33-27/h6-13H,5,14-15H2,1-4H3,(H,32,33,35). The molecule has 0 aliphatic carbocycles. The summed E-state index contributed by atoms with van der Waals surface area (Å²) in [5.74, 6) is 1.60. The fourth-order valence-electron chi connectivity index (χ4n) is 5.16. The monoisotopic (exact) mass is 493 g/mol. The van der Waals surface area contributed by atoms with Gasteiger partial charge in [-0.3, -0.25) is 9.51 Å². The molecule has 0 fully saturated rings. The molecule has 0 amide bonds. The molecule has 0 bridgehead atoms. The van der Waals surface area contributed by atoms with Gasteiger partial charge in [0, 0.05) is 23.3 Å². The lowest BCUT2D eigenvalue weighted by Crippen LogP contribution is -2.06. The number of pyridine rings is 1. The normalized spacial score (nSPS) is 14.2. The minimum Gasteiger partial charge on any atom is -0.488 e. The van der Waals surface area contributed by atoms with E-state index in [1.54, 1.807) is 0 Å². The average Bonchev–Trinajstić information content (AvgIpc) is 3.43. The number of hydrogen-bond acceptors (Lipinski definition) is 6. The number of nitrogens with one attached hydrogen (secondary N) is 1. The number of imidazole rings is 1. The molecule has 8 nitrogen and oxygen atoms in total. The fourth-order valence-corrected chi connectivity index (χ4v) is 5.16. The lowest BCUT2D eigenvalue weighted by molar-refractivity contribution is 0.307. The summed E-state index contributed by atoms with van der Waals surface area (Å²) in [5.41, 5.74) is 9.86. The van der Waals surface area contributed by atoms with Gasteiger partial charge in [-0.1, -0.05) is 48.5 Å². The second kappa shape index (κ2) is 8.89. The number of allylic oxidation sites excluding steroid dienone is 1. The molecule has 0 atom stereocenters. The number of fused-ring (bicyclic) bond motifs is 3. The SMILES string of the molecule is CCc1nc2c(C)cc(C)nc2n1Cc1ccc2c(c1)OCc1ccccc1C2=C(C)c1noc(=O)[nH]1. The topological polar surface area (TPSA) is 98.8 Å². The van der Waals surface area contributed by atoms with Crippen molar-refractivity contribution in [2.75, 3.05) is 0 Å². The number of rotatable bonds is 4. The molecule has 6 rings (SSSR count). The van der Waals surface area contributed by atoms with Gasteiger partial charge in [-0.15, -0.1) is 0 Å². The van der Waals surface area contributed by atoms with Crippen molar-refractivity contribution in [2.24, 2.45) is 0 Å². The molecule has 1 aliphatic rings. The van der Waals surface area contributed by atoms with Gasteiger partial charge in [-0.25, -0.2) is 14.8 Å². The lowest BCUT2D eigenvalue weighted by atomic mass is 9.90. The molecule has 4 heterocycles. The second-order valence-electron chi connectivity index (χ2n) is 9.44. The Morgan fingerprint density at radius 2 is 1.92 bits per heavy atom. The second-order valence-corrected chi connectivity index (χ2v) is 9.44. The maximum atomic E-state index is 11.7. The largest absolute Gasteiger partial charge is 0.488 e. The highest BCUT2D eigenvalue weighted by Crippen LogP contribution is 2.41. The molecule has 0 saturated heterocycles. The zero-order chi connectivity index (χ0) is 25.7. The van der Waals surface area contributed by atoms with Crippen LogP contribution in [0.4, 0.5) is 0 Å². The van der Waals surface area contributed by atoms with Gasteiger partial charge < -0.3 is 9.30 Å². The molecular formula is C29H27N5O3. The minimum atomic E-state index is -0.581. The van der Waals surface area contributed by atoms with Crippen molar-refractivity contribution in [2.45, 2.75) is 47.3 Å². The van der Waals surface area contributed by atoms with Crippen molar-refractivity contribution in [3.8, 4) is 5.75 Å². The summed E-state index contributed by atoms with van der Waals surface area (Å²) >= 11 is 0. The molecule has 0 radical (unpaired) electrons. The molecule has 1 N–H and O–H groups in total. The van der Waals surface area contributed by atoms with Crippen LogP contribution in [0.25, 0.3) is 22.3 Å². The lowest BCUT2D eigenvalue weighted by Gasteiger charge is -2.15. The van der Waals surface area contributed by atoms with Gasteiger partial charge in [-0.05, 0) is 60.7 Å². The Balaban J connectivity index is 1.49. The van der Waals surface area contributed by atoms with Crippen molar-refractivity contribution in [3.63, 3.8) is 0 Å². The zero-order valence-electron chi connectivity index (χ0n) is 21.3. The molecule has 8 heteroatoms. The van der Waals surface area contributed by atoms with Crippen molar-refractivity contribution in [1.29, 1.82) is 0 Å². The van der Waals surface area contributed by atoms with E-state index in [1.807, 2.05) is 26.0 Å². The Morgan fingerprint density at radius 1 is 1.08 bits per heavy atom.